The van der Waals surface area contributed by atoms with Gasteiger partial charge in [0.2, 0.25) is 0 Å². The normalized spacial score (nSPS) is 49.2. The van der Waals surface area contributed by atoms with Gasteiger partial charge in [-0.15, -0.1) is 0 Å². The summed E-state index contributed by atoms with van der Waals surface area (Å²) in [6.45, 7) is 5.76. The molecular formula is C9H18O3. The maximum absolute atomic E-state index is 9.68. The zero-order chi connectivity index (χ0) is 9.30. The molecule has 0 aromatic heterocycles. The van der Waals surface area contributed by atoms with Gasteiger partial charge in [-0.2, -0.15) is 0 Å². The van der Waals surface area contributed by atoms with Gasteiger partial charge < -0.3 is 14.9 Å². The zero-order valence-corrected chi connectivity index (χ0v) is 7.90. The van der Waals surface area contributed by atoms with Crippen molar-refractivity contribution < 1.29 is 14.9 Å². The highest BCUT2D eigenvalue weighted by atomic mass is 16.6. The molecule has 1 rings (SSSR count). The van der Waals surface area contributed by atoms with E-state index in [0.717, 1.165) is 6.42 Å². The molecule has 3 heteroatoms. The minimum atomic E-state index is -0.804. The van der Waals surface area contributed by atoms with Crippen LogP contribution in [0.1, 0.15) is 27.2 Å². The first-order valence-electron chi connectivity index (χ1n) is 4.59. The third-order valence-corrected chi connectivity index (χ3v) is 2.83. The minimum Gasteiger partial charge on any atom is -0.392 e. The highest BCUT2D eigenvalue weighted by molar-refractivity contribution is 4.83. The monoisotopic (exact) mass is 174 g/mol. The third kappa shape index (κ3) is 1.63. The summed E-state index contributed by atoms with van der Waals surface area (Å²) < 4.78 is 5.33. The van der Waals surface area contributed by atoms with Crippen LogP contribution in [0.5, 0.6) is 0 Å². The molecule has 1 saturated heterocycles. The topological polar surface area (TPSA) is 49.7 Å². The predicted molar refractivity (Wildman–Crippen MR) is 45.5 cm³/mol. The molecule has 1 heterocycles. The lowest BCUT2D eigenvalue weighted by Crippen LogP contribution is -2.48. The van der Waals surface area contributed by atoms with Gasteiger partial charge in [0.15, 0.2) is 6.29 Å². The molecule has 1 aliphatic rings. The number of aliphatic hydroxyl groups excluding tert-OH is 2. The van der Waals surface area contributed by atoms with Crippen molar-refractivity contribution in [2.45, 2.75) is 45.7 Å². The number of ether oxygens (including phenoxy) is 1. The van der Waals surface area contributed by atoms with Crippen LogP contribution in [-0.4, -0.2) is 28.7 Å². The summed E-state index contributed by atoms with van der Waals surface area (Å²) >= 11 is 0. The number of hydrogen-bond acceptors (Lipinski definition) is 3. The van der Waals surface area contributed by atoms with Gasteiger partial charge in [-0.3, -0.25) is 0 Å². The quantitative estimate of drug-likeness (QED) is 0.616. The van der Waals surface area contributed by atoms with Crippen molar-refractivity contribution in [2.75, 3.05) is 0 Å². The molecule has 0 aromatic rings. The lowest BCUT2D eigenvalue weighted by atomic mass is 9.85. The summed E-state index contributed by atoms with van der Waals surface area (Å²) in [5, 5.41) is 19.1. The van der Waals surface area contributed by atoms with Gasteiger partial charge in [0, 0.05) is 11.8 Å². The van der Waals surface area contributed by atoms with E-state index in [9.17, 15) is 10.2 Å². The van der Waals surface area contributed by atoms with Crippen molar-refractivity contribution in [3.63, 3.8) is 0 Å². The number of aliphatic hydroxyl groups is 2. The van der Waals surface area contributed by atoms with E-state index >= 15 is 0 Å². The Morgan fingerprint density at radius 3 is 2.25 bits per heavy atom. The van der Waals surface area contributed by atoms with Crippen LogP contribution in [0, 0.1) is 11.8 Å². The van der Waals surface area contributed by atoms with E-state index in [2.05, 4.69) is 0 Å². The van der Waals surface area contributed by atoms with E-state index in [1.54, 1.807) is 6.92 Å². The highest BCUT2D eigenvalue weighted by Gasteiger charge is 2.38. The van der Waals surface area contributed by atoms with Gasteiger partial charge in [0.05, 0.1) is 12.2 Å². The Morgan fingerprint density at radius 2 is 1.75 bits per heavy atom. The van der Waals surface area contributed by atoms with Crippen LogP contribution in [0.25, 0.3) is 0 Å². The standard InChI is InChI=1S/C9H18O3/c1-4-7-5(2)8(10)6(3)9(11)12-7/h5-11H,4H2,1-3H3/t5-,6+,7+,8+,9?/m0/s1. The van der Waals surface area contributed by atoms with Crippen molar-refractivity contribution in [1.29, 1.82) is 0 Å². The van der Waals surface area contributed by atoms with Gasteiger partial charge in [0.25, 0.3) is 0 Å². The van der Waals surface area contributed by atoms with Crippen LogP contribution >= 0.6 is 0 Å². The molecule has 1 unspecified atom stereocenters. The van der Waals surface area contributed by atoms with Crippen molar-refractivity contribution in [2.24, 2.45) is 11.8 Å². The summed E-state index contributed by atoms with van der Waals surface area (Å²) in [5.41, 5.74) is 0. The average Bonchev–Trinajstić information content (AvgIpc) is 2.08. The first-order chi connectivity index (χ1) is 5.57. The van der Waals surface area contributed by atoms with Crippen molar-refractivity contribution in [1.82, 2.24) is 0 Å². The van der Waals surface area contributed by atoms with E-state index in [1.807, 2.05) is 13.8 Å². The molecule has 0 spiro atoms. The van der Waals surface area contributed by atoms with Gasteiger partial charge >= 0.3 is 0 Å². The molecule has 0 saturated carbocycles. The fourth-order valence-corrected chi connectivity index (χ4v) is 1.76. The van der Waals surface area contributed by atoms with Crippen LogP contribution in [0.2, 0.25) is 0 Å². The molecule has 5 atom stereocenters. The van der Waals surface area contributed by atoms with Gasteiger partial charge in [-0.1, -0.05) is 20.8 Å². The lowest BCUT2D eigenvalue weighted by Gasteiger charge is -2.40. The van der Waals surface area contributed by atoms with Gasteiger partial charge in [-0.25, -0.2) is 0 Å². The molecule has 72 valence electrons. The Morgan fingerprint density at radius 1 is 1.17 bits per heavy atom. The summed E-state index contributed by atoms with van der Waals surface area (Å²) in [7, 11) is 0. The average molecular weight is 174 g/mol. The molecule has 1 fully saturated rings. The fourth-order valence-electron chi connectivity index (χ4n) is 1.76. The smallest absolute Gasteiger partial charge is 0.159 e. The zero-order valence-electron chi connectivity index (χ0n) is 7.90. The molecule has 0 aromatic carbocycles. The minimum absolute atomic E-state index is 0.00815. The van der Waals surface area contributed by atoms with E-state index < -0.39 is 12.4 Å². The molecule has 0 aliphatic carbocycles. The Balaban J connectivity index is 2.63. The van der Waals surface area contributed by atoms with E-state index in [-0.39, 0.29) is 17.9 Å². The third-order valence-electron chi connectivity index (χ3n) is 2.83. The first kappa shape index (κ1) is 9.96. The van der Waals surface area contributed by atoms with Crippen molar-refractivity contribution in [3.8, 4) is 0 Å². The molecule has 2 N–H and O–H groups in total. The highest BCUT2D eigenvalue weighted by Crippen LogP contribution is 2.30. The Labute approximate surface area is 73.4 Å². The summed E-state index contributed by atoms with van der Waals surface area (Å²) in [5.74, 6) is -0.0591. The maximum Gasteiger partial charge on any atom is 0.159 e. The second kappa shape index (κ2) is 3.73. The fraction of sp³-hybridized carbons (Fsp3) is 1.00. The van der Waals surface area contributed by atoms with Crippen molar-refractivity contribution >= 4 is 0 Å². The first-order valence-corrected chi connectivity index (χ1v) is 4.59. The number of hydrogen-bond donors (Lipinski definition) is 2. The SMILES string of the molecule is CC[C@H]1OC(O)[C@H](C)[C@H](O)[C@H]1C. The molecular weight excluding hydrogens is 156 g/mol. The Kier molecular flexibility index (Phi) is 3.09. The largest absolute Gasteiger partial charge is 0.392 e. The summed E-state index contributed by atoms with van der Waals surface area (Å²) in [6.07, 6.45) is -0.423. The molecule has 3 nitrogen and oxygen atoms in total. The van der Waals surface area contributed by atoms with Crippen molar-refractivity contribution in [3.05, 3.63) is 0 Å². The Hall–Kier alpha value is -0.120. The summed E-state index contributed by atoms with van der Waals surface area (Å²) in [6, 6.07) is 0. The van der Waals surface area contributed by atoms with E-state index in [4.69, 9.17) is 4.74 Å². The van der Waals surface area contributed by atoms with Gasteiger partial charge in [-0.05, 0) is 6.42 Å². The molecule has 0 radical (unpaired) electrons. The van der Waals surface area contributed by atoms with Crippen LogP contribution in [-0.2, 0) is 4.74 Å². The van der Waals surface area contributed by atoms with Crippen LogP contribution in [0.15, 0.2) is 0 Å². The molecule has 12 heavy (non-hydrogen) atoms. The molecule has 1 aliphatic heterocycles. The lowest BCUT2D eigenvalue weighted by molar-refractivity contribution is -0.241. The van der Waals surface area contributed by atoms with Crippen LogP contribution in [0.3, 0.4) is 0 Å². The van der Waals surface area contributed by atoms with Gasteiger partial charge in [0.1, 0.15) is 0 Å². The molecule has 0 amide bonds. The second-order valence-electron chi connectivity index (χ2n) is 3.68. The van der Waals surface area contributed by atoms with E-state index in [0.29, 0.717) is 0 Å². The Bertz CT molecular complexity index is 144. The molecule has 0 bridgehead atoms. The van der Waals surface area contributed by atoms with Crippen LogP contribution < -0.4 is 0 Å². The second-order valence-corrected chi connectivity index (χ2v) is 3.68. The predicted octanol–water partition coefficient (Wildman–Crippen LogP) is 0.747. The maximum atomic E-state index is 9.68. The van der Waals surface area contributed by atoms with E-state index in [1.165, 1.54) is 0 Å². The number of rotatable bonds is 1. The van der Waals surface area contributed by atoms with Crippen LogP contribution in [0.4, 0.5) is 0 Å². The summed E-state index contributed by atoms with van der Waals surface area (Å²) in [4.78, 5) is 0.